The van der Waals surface area contributed by atoms with Crippen LogP contribution in [0.5, 0.6) is 0 Å². The molecule has 1 nitrogen and oxygen atoms in total. The highest BCUT2D eigenvalue weighted by molar-refractivity contribution is 5.23. The van der Waals surface area contributed by atoms with Crippen LogP contribution in [-0.4, -0.2) is 12.1 Å². The van der Waals surface area contributed by atoms with Crippen molar-refractivity contribution in [2.45, 2.75) is 71.4 Å². The van der Waals surface area contributed by atoms with Gasteiger partial charge in [0.2, 0.25) is 0 Å². The number of rotatable bonds is 7. The Morgan fingerprint density at radius 2 is 1.61 bits per heavy atom. The standard InChI is InChI=1S/C17H29N/c1-6-16(7-2)18-14(3)13-17(4,5)15-11-9-8-10-12-15/h8-12,14,16,18H,6-7,13H2,1-5H3. The SMILES string of the molecule is CCC(CC)NC(C)CC(C)(C)c1ccccc1. The molecule has 1 heteroatoms. The van der Waals surface area contributed by atoms with E-state index in [1.807, 2.05) is 0 Å². The summed E-state index contributed by atoms with van der Waals surface area (Å²) >= 11 is 0. The van der Waals surface area contributed by atoms with E-state index < -0.39 is 0 Å². The van der Waals surface area contributed by atoms with E-state index in [0.29, 0.717) is 12.1 Å². The molecule has 1 N–H and O–H groups in total. The summed E-state index contributed by atoms with van der Waals surface area (Å²) in [4.78, 5) is 0. The van der Waals surface area contributed by atoms with E-state index in [2.05, 4.69) is 70.3 Å². The molecule has 1 rings (SSSR count). The van der Waals surface area contributed by atoms with Gasteiger partial charge in [-0.1, -0.05) is 58.0 Å². The van der Waals surface area contributed by atoms with Crippen LogP contribution in [0, 0.1) is 0 Å². The minimum absolute atomic E-state index is 0.236. The summed E-state index contributed by atoms with van der Waals surface area (Å²) in [5.74, 6) is 0. The van der Waals surface area contributed by atoms with Crippen LogP contribution in [0.3, 0.4) is 0 Å². The van der Waals surface area contributed by atoms with Gasteiger partial charge in [0.1, 0.15) is 0 Å². The van der Waals surface area contributed by atoms with Crippen molar-refractivity contribution in [2.24, 2.45) is 0 Å². The molecule has 1 atom stereocenters. The topological polar surface area (TPSA) is 12.0 Å². The zero-order chi connectivity index (χ0) is 13.6. The Hall–Kier alpha value is -0.820. The van der Waals surface area contributed by atoms with Crippen LogP contribution >= 0.6 is 0 Å². The molecule has 0 fully saturated rings. The van der Waals surface area contributed by atoms with Crippen LogP contribution in [-0.2, 0) is 5.41 Å². The molecule has 0 aliphatic carbocycles. The van der Waals surface area contributed by atoms with Crippen molar-refractivity contribution >= 4 is 0 Å². The Bertz CT molecular complexity index is 325. The van der Waals surface area contributed by atoms with E-state index >= 15 is 0 Å². The lowest BCUT2D eigenvalue weighted by atomic mass is 9.79. The van der Waals surface area contributed by atoms with E-state index in [4.69, 9.17) is 0 Å². The molecular weight excluding hydrogens is 218 g/mol. The molecule has 0 amide bonds. The van der Waals surface area contributed by atoms with Crippen LogP contribution in [0.15, 0.2) is 30.3 Å². The maximum atomic E-state index is 3.74. The first-order chi connectivity index (χ1) is 8.49. The molecule has 0 radical (unpaired) electrons. The molecule has 0 saturated heterocycles. The second-order valence-corrected chi connectivity index (χ2v) is 6.04. The van der Waals surface area contributed by atoms with E-state index in [1.165, 1.54) is 24.8 Å². The van der Waals surface area contributed by atoms with Crippen molar-refractivity contribution in [2.75, 3.05) is 0 Å². The van der Waals surface area contributed by atoms with Crippen LogP contribution < -0.4 is 5.32 Å². The third-order valence-electron chi connectivity index (χ3n) is 3.88. The fourth-order valence-electron chi connectivity index (χ4n) is 2.76. The Kier molecular flexibility index (Phi) is 5.87. The molecule has 0 aliphatic rings. The maximum Gasteiger partial charge on any atom is 0.00642 e. The van der Waals surface area contributed by atoms with Gasteiger partial charge in [0.05, 0.1) is 0 Å². The zero-order valence-electron chi connectivity index (χ0n) is 12.7. The molecular formula is C17H29N. The van der Waals surface area contributed by atoms with E-state index in [-0.39, 0.29) is 5.41 Å². The molecule has 0 heterocycles. The first-order valence-electron chi connectivity index (χ1n) is 7.31. The predicted molar refractivity (Wildman–Crippen MR) is 81.1 cm³/mol. The Morgan fingerprint density at radius 3 is 2.11 bits per heavy atom. The summed E-state index contributed by atoms with van der Waals surface area (Å²) in [6, 6.07) is 12.1. The van der Waals surface area contributed by atoms with Gasteiger partial charge in [0.25, 0.3) is 0 Å². The van der Waals surface area contributed by atoms with Crippen molar-refractivity contribution in [3.63, 3.8) is 0 Å². The lowest BCUT2D eigenvalue weighted by Crippen LogP contribution is -2.39. The summed E-state index contributed by atoms with van der Waals surface area (Å²) < 4.78 is 0. The van der Waals surface area contributed by atoms with Gasteiger partial charge in [-0.15, -0.1) is 0 Å². The minimum atomic E-state index is 0.236. The minimum Gasteiger partial charge on any atom is -0.311 e. The van der Waals surface area contributed by atoms with Gasteiger partial charge in [-0.2, -0.15) is 0 Å². The van der Waals surface area contributed by atoms with Crippen LogP contribution in [0.1, 0.15) is 59.4 Å². The number of hydrogen-bond donors (Lipinski definition) is 1. The average molecular weight is 247 g/mol. The summed E-state index contributed by atoms with van der Waals surface area (Å²) in [6.07, 6.45) is 3.60. The smallest absolute Gasteiger partial charge is 0.00642 e. The Balaban J connectivity index is 2.60. The van der Waals surface area contributed by atoms with Gasteiger partial charge in [-0.3, -0.25) is 0 Å². The molecule has 0 spiro atoms. The van der Waals surface area contributed by atoms with Gasteiger partial charge in [0, 0.05) is 12.1 Å². The summed E-state index contributed by atoms with van der Waals surface area (Å²) in [5.41, 5.74) is 1.67. The Labute approximate surface area is 113 Å². The highest BCUT2D eigenvalue weighted by Crippen LogP contribution is 2.28. The van der Waals surface area contributed by atoms with Crippen LogP contribution in [0.25, 0.3) is 0 Å². The second kappa shape index (κ2) is 6.94. The molecule has 1 unspecified atom stereocenters. The predicted octanol–water partition coefficient (Wildman–Crippen LogP) is 4.52. The lowest BCUT2D eigenvalue weighted by molar-refractivity contribution is 0.346. The highest BCUT2D eigenvalue weighted by atomic mass is 14.9. The first-order valence-corrected chi connectivity index (χ1v) is 7.31. The quantitative estimate of drug-likeness (QED) is 0.747. The fraction of sp³-hybridized carbons (Fsp3) is 0.647. The molecule has 1 aromatic carbocycles. The largest absolute Gasteiger partial charge is 0.311 e. The van der Waals surface area contributed by atoms with Crippen molar-refractivity contribution < 1.29 is 0 Å². The van der Waals surface area contributed by atoms with E-state index in [1.54, 1.807) is 0 Å². The number of benzene rings is 1. The van der Waals surface area contributed by atoms with Crippen molar-refractivity contribution in [3.05, 3.63) is 35.9 Å². The van der Waals surface area contributed by atoms with Crippen molar-refractivity contribution in [1.29, 1.82) is 0 Å². The zero-order valence-corrected chi connectivity index (χ0v) is 12.7. The Morgan fingerprint density at radius 1 is 1.06 bits per heavy atom. The highest BCUT2D eigenvalue weighted by Gasteiger charge is 2.23. The van der Waals surface area contributed by atoms with Crippen molar-refractivity contribution in [1.82, 2.24) is 5.32 Å². The molecule has 102 valence electrons. The summed E-state index contributed by atoms with van der Waals surface area (Å²) in [7, 11) is 0. The fourth-order valence-corrected chi connectivity index (χ4v) is 2.76. The monoisotopic (exact) mass is 247 g/mol. The van der Waals surface area contributed by atoms with Crippen LogP contribution in [0.2, 0.25) is 0 Å². The lowest BCUT2D eigenvalue weighted by Gasteiger charge is -2.31. The first kappa shape index (κ1) is 15.2. The molecule has 0 aliphatic heterocycles. The van der Waals surface area contributed by atoms with Crippen molar-refractivity contribution in [3.8, 4) is 0 Å². The molecule has 0 aromatic heterocycles. The van der Waals surface area contributed by atoms with Crippen LogP contribution in [0.4, 0.5) is 0 Å². The number of hydrogen-bond acceptors (Lipinski definition) is 1. The van der Waals surface area contributed by atoms with Gasteiger partial charge in [-0.05, 0) is 37.2 Å². The van der Waals surface area contributed by atoms with E-state index in [0.717, 1.165) is 0 Å². The summed E-state index contributed by atoms with van der Waals surface area (Å²) in [6.45, 7) is 11.5. The average Bonchev–Trinajstić information content (AvgIpc) is 2.36. The van der Waals surface area contributed by atoms with Gasteiger partial charge in [0.15, 0.2) is 0 Å². The molecule has 0 saturated carbocycles. The molecule has 0 bridgehead atoms. The van der Waals surface area contributed by atoms with Gasteiger partial charge >= 0.3 is 0 Å². The normalized spacial score (nSPS) is 13.9. The maximum absolute atomic E-state index is 3.74. The third kappa shape index (κ3) is 4.45. The third-order valence-corrected chi connectivity index (χ3v) is 3.88. The van der Waals surface area contributed by atoms with Gasteiger partial charge in [-0.25, -0.2) is 0 Å². The van der Waals surface area contributed by atoms with E-state index in [9.17, 15) is 0 Å². The molecule has 18 heavy (non-hydrogen) atoms. The number of nitrogens with one attached hydrogen (secondary N) is 1. The summed E-state index contributed by atoms with van der Waals surface area (Å²) in [5, 5.41) is 3.74. The molecule has 1 aromatic rings. The van der Waals surface area contributed by atoms with Gasteiger partial charge < -0.3 is 5.32 Å². The second-order valence-electron chi connectivity index (χ2n) is 6.04.